The molecule has 0 spiro atoms. The molecular formula is C21H17Zr-. The van der Waals surface area contributed by atoms with E-state index in [4.69, 9.17) is 0 Å². The molecular weight excluding hydrogens is 343 g/mol. The molecule has 0 N–H and O–H groups in total. The van der Waals surface area contributed by atoms with Crippen molar-refractivity contribution < 1.29 is 26.2 Å². The average Bonchev–Trinajstić information content (AvgIpc) is 3.11. The summed E-state index contributed by atoms with van der Waals surface area (Å²) in [5, 5.41) is 5.22. The third kappa shape index (κ3) is 2.33. The first-order chi connectivity index (χ1) is 10.3. The predicted octanol–water partition coefficient (Wildman–Crippen LogP) is 3.36. The molecule has 0 nitrogen and oxygen atoms in total. The van der Waals surface area contributed by atoms with E-state index < -0.39 is 0 Å². The summed E-state index contributed by atoms with van der Waals surface area (Å²) < 4.78 is 0. The van der Waals surface area contributed by atoms with Crippen LogP contribution in [0.1, 0.15) is 25.8 Å². The van der Waals surface area contributed by atoms with E-state index in [1.165, 1.54) is 43.2 Å². The fourth-order valence-corrected chi connectivity index (χ4v) is 3.24. The van der Waals surface area contributed by atoms with Crippen molar-refractivity contribution >= 4 is 11.1 Å². The molecule has 0 bridgehead atoms. The Hall–Kier alpha value is -1.46. The maximum atomic E-state index is 3.66. The normalized spacial score (nSPS) is 14.3. The Morgan fingerprint density at radius 2 is 1.73 bits per heavy atom. The summed E-state index contributed by atoms with van der Waals surface area (Å²) in [5.74, 6) is 0. The zero-order valence-electron chi connectivity index (χ0n) is 12.9. The third-order valence-electron chi connectivity index (χ3n) is 4.31. The summed E-state index contributed by atoms with van der Waals surface area (Å²) in [6, 6.07) is 16.8. The zero-order chi connectivity index (χ0) is 14.4. The second kappa shape index (κ2) is 5.97. The molecule has 0 aromatic heterocycles. The first kappa shape index (κ1) is 15.4. The second-order valence-electron chi connectivity index (χ2n) is 5.91. The smallest absolute Gasteiger partial charge is 0 e. The number of allylic oxidation sites excluding steroid dienone is 4. The SMILES string of the molecule is CC(C)=c1[c-]c2c(cc1)=c1ccccc1=C2C1=CC=CC1.[Zr]. The number of benzene rings is 2. The maximum absolute atomic E-state index is 3.66. The van der Waals surface area contributed by atoms with Gasteiger partial charge in [-0.05, 0) is 6.42 Å². The van der Waals surface area contributed by atoms with Crippen molar-refractivity contribution in [2.45, 2.75) is 20.3 Å². The fourth-order valence-electron chi connectivity index (χ4n) is 3.24. The van der Waals surface area contributed by atoms with Gasteiger partial charge in [0.15, 0.2) is 0 Å². The van der Waals surface area contributed by atoms with Crippen molar-refractivity contribution in [2.24, 2.45) is 0 Å². The largest absolute Gasteiger partial charge is 0.132 e. The van der Waals surface area contributed by atoms with Crippen molar-refractivity contribution in [1.29, 1.82) is 0 Å². The Kier molecular flexibility index (Phi) is 4.19. The van der Waals surface area contributed by atoms with Crippen LogP contribution in [0.4, 0.5) is 0 Å². The van der Waals surface area contributed by atoms with Crippen LogP contribution in [0.15, 0.2) is 60.2 Å². The molecule has 0 saturated heterocycles. The number of fused-ring (bicyclic) bond motifs is 2. The molecule has 2 aromatic rings. The van der Waals surface area contributed by atoms with E-state index in [9.17, 15) is 0 Å². The second-order valence-corrected chi connectivity index (χ2v) is 5.91. The van der Waals surface area contributed by atoms with Crippen LogP contribution in [0.5, 0.6) is 0 Å². The van der Waals surface area contributed by atoms with Gasteiger partial charge in [-0.25, -0.2) is 0 Å². The van der Waals surface area contributed by atoms with Gasteiger partial charge in [-0.3, -0.25) is 0 Å². The zero-order valence-corrected chi connectivity index (χ0v) is 15.4. The van der Waals surface area contributed by atoms with Crippen molar-refractivity contribution in [3.63, 3.8) is 0 Å². The Bertz CT molecular complexity index is 1020. The Balaban J connectivity index is 0.00000144. The van der Waals surface area contributed by atoms with Crippen LogP contribution in [0.2, 0.25) is 0 Å². The van der Waals surface area contributed by atoms with Crippen LogP contribution in [-0.2, 0) is 26.2 Å². The van der Waals surface area contributed by atoms with Crippen molar-refractivity contribution in [3.8, 4) is 0 Å². The molecule has 1 heteroatoms. The van der Waals surface area contributed by atoms with E-state index in [0.29, 0.717) is 0 Å². The molecule has 4 rings (SSSR count). The van der Waals surface area contributed by atoms with E-state index in [1.54, 1.807) is 0 Å². The van der Waals surface area contributed by atoms with E-state index in [0.717, 1.165) is 6.42 Å². The maximum Gasteiger partial charge on any atom is 0 e. The summed E-state index contributed by atoms with van der Waals surface area (Å²) in [5.41, 5.74) is 5.36. The van der Waals surface area contributed by atoms with Gasteiger partial charge < -0.3 is 0 Å². The monoisotopic (exact) mass is 359 g/mol. The van der Waals surface area contributed by atoms with Gasteiger partial charge in [-0.2, -0.15) is 0 Å². The molecule has 2 aliphatic carbocycles. The molecule has 0 saturated carbocycles. The summed E-state index contributed by atoms with van der Waals surface area (Å²) in [4.78, 5) is 0. The van der Waals surface area contributed by atoms with Crippen LogP contribution in [0.3, 0.4) is 0 Å². The molecule has 22 heavy (non-hydrogen) atoms. The minimum atomic E-state index is 0. The van der Waals surface area contributed by atoms with Gasteiger partial charge in [0.1, 0.15) is 0 Å². The topological polar surface area (TPSA) is 0 Å². The van der Waals surface area contributed by atoms with Crippen LogP contribution in [-0.4, -0.2) is 0 Å². The van der Waals surface area contributed by atoms with Crippen molar-refractivity contribution in [2.75, 3.05) is 0 Å². The van der Waals surface area contributed by atoms with Gasteiger partial charge in [-0.15, -0.1) is 34.6 Å². The standard InChI is InChI=1S/C21H17.Zr/c1-14(2)16-11-12-18-17-9-5-6-10-19(17)21(20(18)13-16)15-7-3-4-8-15;/h3-7,9-12H,8H2,1-2H3;/q-1;. The van der Waals surface area contributed by atoms with Gasteiger partial charge >= 0.3 is 0 Å². The van der Waals surface area contributed by atoms with Gasteiger partial charge in [0.05, 0.1) is 0 Å². The molecule has 2 aliphatic rings. The quantitative estimate of drug-likeness (QED) is 0.684. The fraction of sp³-hybridized carbons (Fsp3) is 0.143. The van der Waals surface area contributed by atoms with Gasteiger partial charge in [0.2, 0.25) is 0 Å². The first-order valence-corrected chi connectivity index (χ1v) is 7.46. The number of rotatable bonds is 1. The molecule has 106 valence electrons. The molecule has 0 radical (unpaired) electrons. The van der Waals surface area contributed by atoms with Gasteiger partial charge in [0, 0.05) is 26.2 Å². The Morgan fingerprint density at radius 3 is 2.41 bits per heavy atom. The van der Waals surface area contributed by atoms with Gasteiger partial charge in [0.25, 0.3) is 0 Å². The summed E-state index contributed by atoms with van der Waals surface area (Å²) in [6.07, 6.45) is 7.65. The summed E-state index contributed by atoms with van der Waals surface area (Å²) in [7, 11) is 0. The van der Waals surface area contributed by atoms with Crippen LogP contribution in [0, 0.1) is 16.5 Å². The third-order valence-corrected chi connectivity index (χ3v) is 4.31. The van der Waals surface area contributed by atoms with Crippen LogP contribution in [0.25, 0.3) is 11.1 Å². The molecule has 0 amide bonds. The van der Waals surface area contributed by atoms with Crippen LogP contribution >= 0.6 is 0 Å². The van der Waals surface area contributed by atoms with E-state index in [-0.39, 0.29) is 26.2 Å². The van der Waals surface area contributed by atoms with Crippen molar-refractivity contribution in [3.05, 3.63) is 92.7 Å². The minimum Gasteiger partial charge on any atom is -0.132 e. The molecule has 0 heterocycles. The average molecular weight is 361 g/mol. The predicted molar refractivity (Wildman–Crippen MR) is 87.7 cm³/mol. The first-order valence-electron chi connectivity index (χ1n) is 7.46. The van der Waals surface area contributed by atoms with E-state index >= 15 is 0 Å². The summed E-state index contributed by atoms with van der Waals surface area (Å²) in [6.45, 7) is 4.30. The van der Waals surface area contributed by atoms with E-state index in [1.807, 2.05) is 0 Å². The molecule has 0 atom stereocenters. The summed E-state index contributed by atoms with van der Waals surface area (Å²) >= 11 is 0. The molecule has 2 aromatic carbocycles. The molecule has 0 fully saturated rings. The molecule has 0 aliphatic heterocycles. The number of hydrogen-bond donors (Lipinski definition) is 0. The number of hydrogen-bond acceptors (Lipinski definition) is 0. The van der Waals surface area contributed by atoms with Gasteiger partial charge in [-0.1, -0.05) is 83.1 Å². The van der Waals surface area contributed by atoms with Crippen molar-refractivity contribution in [1.82, 2.24) is 0 Å². The van der Waals surface area contributed by atoms with Crippen LogP contribution < -0.4 is 10.4 Å². The Labute approximate surface area is 150 Å². The molecule has 0 unspecified atom stereocenters. The minimum absolute atomic E-state index is 0. The van der Waals surface area contributed by atoms with E-state index in [2.05, 4.69) is 74.5 Å². The Morgan fingerprint density at radius 1 is 0.955 bits per heavy atom.